The van der Waals surface area contributed by atoms with Crippen molar-refractivity contribution in [2.75, 3.05) is 0 Å². The summed E-state index contributed by atoms with van der Waals surface area (Å²) in [5.74, 6) is -2.91. The summed E-state index contributed by atoms with van der Waals surface area (Å²) >= 11 is 6.79. The molecule has 62 heavy (non-hydrogen) atoms. The van der Waals surface area contributed by atoms with Crippen LogP contribution in [0.2, 0.25) is 5.02 Å². The predicted octanol–water partition coefficient (Wildman–Crippen LogP) is 12.4. The topological polar surface area (TPSA) is 151 Å². The predicted molar refractivity (Wildman–Crippen MR) is 242 cm³/mol. The van der Waals surface area contributed by atoms with Crippen molar-refractivity contribution in [2.24, 2.45) is 0 Å². The third-order valence-corrected chi connectivity index (χ3v) is 11.7. The molecule has 3 N–H and O–H groups in total. The first kappa shape index (κ1) is 38.1. The van der Waals surface area contributed by atoms with E-state index >= 15 is 4.79 Å². The van der Waals surface area contributed by atoms with Gasteiger partial charge in [-0.25, -0.2) is 9.59 Å². The maximum Gasteiger partial charge on any atom is 0.337 e. The van der Waals surface area contributed by atoms with Gasteiger partial charge in [-0.1, -0.05) is 96.5 Å². The van der Waals surface area contributed by atoms with Gasteiger partial charge in [-0.3, -0.25) is 14.8 Å². The molecule has 0 saturated carbocycles. The standard InChI is InChI=1S/C52H31ClN2O7/c1-27-34(51(58)59)26-39(53)44(52(60)61)42(27)43-37-24-35(32-18-16-28-10-2-4-12-30(28)22-32)47(56)45(40-14-6-8-20-54-40)49(37)62-50-38(43)25-36(48(57)46(50)41-15-7-9-21-55-41)33-19-17-29-11-3-5-13-31(29)23-33/h2-26,56H,1H3,(H,58,59)(H,60,61). The van der Waals surface area contributed by atoms with Crippen molar-refractivity contribution in [1.29, 1.82) is 0 Å². The quantitative estimate of drug-likeness (QED) is 0.133. The van der Waals surface area contributed by atoms with Gasteiger partial charge in [0, 0.05) is 45.6 Å². The lowest BCUT2D eigenvalue weighted by atomic mass is 9.82. The maximum absolute atomic E-state index is 15.2. The SMILES string of the molecule is Cc1c(C(=O)O)cc(Cl)c(C(=O)O)c1-c1c2cc(-c3ccc4ccccc4c3)c(=O)c(-c3ccccn3)c-2oc2c(-c3ccccn3)c(O)c(-c3ccc4ccccc4c3)cc12. The van der Waals surface area contributed by atoms with Crippen LogP contribution in [0.4, 0.5) is 0 Å². The number of aromatic carboxylic acids is 2. The molecule has 0 saturated heterocycles. The number of benzene rings is 7. The Balaban J connectivity index is 1.48. The van der Waals surface area contributed by atoms with Crippen LogP contribution in [0.25, 0.3) is 99.7 Å². The molecule has 0 bridgehead atoms. The average molecular weight is 831 g/mol. The Morgan fingerprint density at radius 1 is 0.581 bits per heavy atom. The second-order valence-electron chi connectivity index (χ2n) is 15.0. The van der Waals surface area contributed by atoms with Gasteiger partial charge >= 0.3 is 11.9 Å². The molecule has 0 fully saturated rings. The summed E-state index contributed by atoms with van der Waals surface area (Å²) in [4.78, 5) is 50.8. The molecule has 2 aromatic heterocycles. The fraction of sp³-hybridized carbons (Fsp3) is 0.0192. The van der Waals surface area contributed by atoms with Crippen LogP contribution in [0.5, 0.6) is 5.75 Å². The molecule has 2 aliphatic rings. The summed E-state index contributed by atoms with van der Waals surface area (Å²) < 4.78 is 6.97. The van der Waals surface area contributed by atoms with Gasteiger partial charge in [-0.2, -0.15) is 0 Å². The number of carboxylic acid groups (broad SMARTS) is 2. The van der Waals surface area contributed by atoms with Crippen LogP contribution in [0.3, 0.4) is 0 Å². The number of pyridine rings is 2. The van der Waals surface area contributed by atoms with E-state index in [9.17, 15) is 24.9 Å². The lowest BCUT2D eigenvalue weighted by molar-refractivity contribution is 0.0681. The smallest absolute Gasteiger partial charge is 0.337 e. The largest absolute Gasteiger partial charge is 0.506 e. The van der Waals surface area contributed by atoms with E-state index in [1.807, 2.05) is 84.9 Å². The van der Waals surface area contributed by atoms with Gasteiger partial charge in [0.25, 0.3) is 0 Å². The molecule has 9 nitrogen and oxygen atoms in total. The second-order valence-corrected chi connectivity index (χ2v) is 15.4. The van der Waals surface area contributed by atoms with E-state index in [-0.39, 0.29) is 77.9 Å². The third-order valence-electron chi connectivity index (χ3n) is 11.4. The number of carboxylic acids is 2. The van der Waals surface area contributed by atoms with Crippen LogP contribution in [0, 0.1) is 6.92 Å². The second kappa shape index (κ2) is 14.8. The number of hydrogen-bond donors (Lipinski definition) is 3. The Morgan fingerprint density at radius 3 is 1.71 bits per heavy atom. The van der Waals surface area contributed by atoms with Crippen LogP contribution in [0.15, 0.2) is 161 Å². The van der Waals surface area contributed by atoms with Crippen LogP contribution in [-0.4, -0.2) is 37.2 Å². The number of halogens is 1. The molecule has 3 heterocycles. The monoisotopic (exact) mass is 830 g/mol. The molecule has 1 aliphatic heterocycles. The minimum absolute atomic E-state index is 0.00889. The minimum Gasteiger partial charge on any atom is -0.506 e. The number of hydrogen-bond acceptors (Lipinski definition) is 7. The van der Waals surface area contributed by atoms with Crippen molar-refractivity contribution in [3.8, 4) is 73.0 Å². The first-order chi connectivity index (χ1) is 30.1. The highest BCUT2D eigenvalue weighted by atomic mass is 35.5. The van der Waals surface area contributed by atoms with Crippen molar-refractivity contribution in [3.63, 3.8) is 0 Å². The van der Waals surface area contributed by atoms with E-state index < -0.39 is 17.4 Å². The van der Waals surface area contributed by atoms with E-state index in [1.54, 1.807) is 60.9 Å². The fourth-order valence-electron chi connectivity index (χ4n) is 8.54. The molecular formula is C52H31ClN2O7. The highest BCUT2D eigenvalue weighted by Gasteiger charge is 2.34. The Morgan fingerprint density at radius 2 is 1.15 bits per heavy atom. The zero-order valence-electron chi connectivity index (χ0n) is 32.7. The molecule has 298 valence electrons. The van der Waals surface area contributed by atoms with Crippen molar-refractivity contribution in [3.05, 3.63) is 184 Å². The van der Waals surface area contributed by atoms with Crippen molar-refractivity contribution >= 4 is 56.1 Å². The van der Waals surface area contributed by atoms with Gasteiger partial charge in [0.1, 0.15) is 17.1 Å². The average Bonchev–Trinajstić information content (AvgIpc) is 3.28. The van der Waals surface area contributed by atoms with Gasteiger partial charge in [0.15, 0.2) is 5.43 Å². The fourth-order valence-corrected chi connectivity index (χ4v) is 8.82. The molecule has 0 radical (unpaired) electrons. The summed E-state index contributed by atoms with van der Waals surface area (Å²) in [6, 6.07) is 41.8. The highest BCUT2D eigenvalue weighted by molar-refractivity contribution is 6.35. The van der Waals surface area contributed by atoms with E-state index in [0.29, 0.717) is 27.8 Å². The number of aromatic hydroxyl groups is 1. The van der Waals surface area contributed by atoms with Crippen LogP contribution >= 0.6 is 11.6 Å². The first-order valence-corrected chi connectivity index (χ1v) is 19.9. The molecule has 0 unspecified atom stereocenters. The molecule has 0 atom stereocenters. The third kappa shape index (κ3) is 6.14. The Bertz CT molecular complexity index is 3530. The zero-order valence-corrected chi connectivity index (χ0v) is 33.4. The summed E-state index contributed by atoms with van der Waals surface area (Å²) in [7, 11) is 0. The minimum atomic E-state index is -1.41. The number of phenolic OH excluding ortho intramolecular Hbond substituents is 1. The maximum atomic E-state index is 15.2. The summed E-state index contributed by atoms with van der Waals surface area (Å²) in [5, 5.41) is 37.7. The van der Waals surface area contributed by atoms with Gasteiger partial charge in [-0.05, 0) is 99.8 Å². The number of fused-ring (bicyclic) bond motifs is 4. The van der Waals surface area contributed by atoms with Gasteiger partial charge in [-0.15, -0.1) is 0 Å². The van der Waals surface area contributed by atoms with Crippen LogP contribution in [0.1, 0.15) is 26.3 Å². The first-order valence-electron chi connectivity index (χ1n) is 19.5. The molecule has 8 aromatic rings. The molecule has 0 amide bonds. The van der Waals surface area contributed by atoms with Gasteiger partial charge in [0.2, 0.25) is 0 Å². The summed E-state index contributed by atoms with van der Waals surface area (Å²) in [6.07, 6.45) is 3.12. The Hall–Kier alpha value is -8.14. The molecule has 1 aliphatic carbocycles. The van der Waals surface area contributed by atoms with Crippen molar-refractivity contribution < 1.29 is 29.3 Å². The summed E-state index contributed by atoms with van der Waals surface area (Å²) in [6.45, 7) is 1.53. The number of rotatable bonds is 7. The number of carbonyl (C=O) groups is 2. The lowest BCUT2D eigenvalue weighted by Crippen LogP contribution is -2.14. The van der Waals surface area contributed by atoms with Crippen LogP contribution < -0.4 is 5.43 Å². The normalized spacial score (nSPS) is 11.5. The molecule has 10 rings (SSSR count). The van der Waals surface area contributed by atoms with Gasteiger partial charge < -0.3 is 19.7 Å². The number of phenols is 1. The van der Waals surface area contributed by atoms with E-state index in [2.05, 4.69) is 9.97 Å². The van der Waals surface area contributed by atoms with E-state index in [1.165, 1.54) is 6.92 Å². The molecule has 0 spiro atoms. The lowest BCUT2D eigenvalue weighted by Gasteiger charge is -2.24. The van der Waals surface area contributed by atoms with Crippen LogP contribution in [-0.2, 0) is 0 Å². The van der Waals surface area contributed by atoms with E-state index in [4.69, 9.17) is 16.0 Å². The van der Waals surface area contributed by atoms with Crippen molar-refractivity contribution in [2.45, 2.75) is 6.92 Å². The number of aromatic nitrogens is 2. The molecule has 6 aromatic carbocycles. The highest BCUT2D eigenvalue weighted by Crippen LogP contribution is 2.53. The van der Waals surface area contributed by atoms with E-state index in [0.717, 1.165) is 27.6 Å². The molecular weight excluding hydrogens is 800 g/mol. The van der Waals surface area contributed by atoms with Crippen molar-refractivity contribution in [1.82, 2.24) is 9.97 Å². The number of nitrogens with zero attached hydrogens (tertiary/aromatic N) is 2. The van der Waals surface area contributed by atoms with Gasteiger partial charge in [0.05, 0.1) is 38.7 Å². The summed E-state index contributed by atoms with van der Waals surface area (Å²) in [5.41, 5.74) is 2.22. The Labute approximate surface area is 357 Å². The zero-order chi connectivity index (χ0) is 42.8. The Kier molecular flexibility index (Phi) is 9.12. The molecule has 10 heteroatoms.